The lowest BCUT2D eigenvalue weighted by Crippen LogP contribution is -1.96. The molecule has 0 atom stereocenters. The van der Waals surface area contributed by atoms with Crippen molar-refractivity contribution < 1.29 is 4.39 Å². The molecule has 3 nitrogen and oxygen atoms in total. The zero-order chi connectivity index (χ0) is 12.7. The van der Waals surface area contributed by atoms with Gasteiger partial charge in [-0.2, -0.15) is 0 Å². The number of thiophene rings is 1. The van der Waals surface area contributed by atoms with Crippen LogP contribution < -0.4 is 5.73 Å². The third-order valence-corrected chi connectivity index (χ3v) is 3.67. The van der Waals surface area contributed by atoms with Crippen LogP contribution in [0, 0.1) is 12.7 Å². The highest BCUT2D eigenvalue weighted by molar-refractivity contribution is 7.17. The summed E-state index contributed by atoms with van der Waals surface area (Å²) in [7, 11) is 0. The molecule has 2 heterocycles. The minimum atomic E-state index is -0.233. The van der Waals surface area contributed by atoms with Crippen LogP contribution in [0.3, 0.4) is 0 Å². The van der Waals surface area contributed by atoms with E-state index in [4.69, 9.17) is 5.73 Å². The highest BCUT2D eigenvalue weighted by Gasteiger charge is 2.09. The molecule has 0 unspecified atom stereocenters. The standard InChI is InChI=1S/C13H10FN3S/c1-7-6-8(2-3-9(7)14)13-16-10-4-5-18-11(10)12(15)17-13/h2-6H,1H3,(H2,15,16,17). The first-order valence-electron chi connectivity index (χ1n) is 5.42. The van der Waals surface area contributed by atoms with Gasteiger partial charge in [0.1, 0.15) is 11.6 Å². The first kappa shape index (κ1) is 11.1. The molecule has 1 aromatic carbocycles. The average Bonchev–Trinajstić information content (AvgIpc) is 2.81. The molecule has 3 rings (SSSR count). The molecule has 0 saturated heterocycles. The second-order valence-electron chi connectivity index (χ2n) is 4.03. The number of aryl methyl sites for hydroxylation is 1. The average molecular weight is 259 g/mol. The number of fused-ring (bicyclic) bond motifs is 1. The number of anilines is 1. The monoisotopic (exact) mass is 259 g/mol. The fraction of sp³-hybridized carbons (Fsp3) is 0.0769. The molecule has 0 aliphatic heterocycles. The van der Waals surface area contributed by atoms with E-state index in [0.29, 0.717) is 17.2 Å². The first-order chi connectivity index (χ1) is 8.65. The van der Waals surface area contributed by atoms with Gasteiger partial charge in [0.2, 0.25) is 0 Å². The molecule has 18 heavy (non-hydrogen) atoms. The van der Waals surface area contributed by atoms with E-state index in [1.54, 1.807) is 19.1 Å². The van der Waals surface area contributed by atoms with Gasteiger partial charge in [-0.1, -0.05) is 0 Å². The van der Waals surface area contributed by atoms with Crippen molar-refractivity contribution in [2.45, 2.75) is 6.92 Å². The van der Waals surface area contributed by atoms with Crippen LogP contribution in [0.4, 0.5) is 10.2 Å². The summed E-state index contributed by atoms with van der Waals surface area (Å²) in [6.07, 6.45) is 0. The van der Waals surface area contributed by atoms with E-state index in [0.717, 1.165) is 15.8 Å². The van der Waals surface area contributed by atoms with Crippen LogP contribution in [0.1, 0.15) is 5.56 Å². The van der Waals surface area contributed by atoms with Crippen molar-refractivity contribution in [3.8, 4) is 11.4 Å². The van der Waals surface area contributed by atoms with Gasteiger partial charge < -0.3 is 5.73 Å². The molecule has 90 valence electrons. The Labute approximate surface area is 107 Å². The Morgan fingerprint density at radius 3 is 2.83 bits per heavy atom. The Hall–Kier alpha value is -2.01. The lowest BCUT2D eigenvalue weighted by molar-refractivity contribution is 0.618. The number of nitrogen functional groups attached to an aromatic ring is 1. The molecule has 3 aromatic rings. The molecule has 0 saturated carbocycles. The van der Waals surface area contributed by atoms with Crippen molar-refractivity contribution in [2.24, 2.45) is 0 Å². The van der Waals surface area contributed by atoms with Crippen LogP contribution in [-0.2, 0) is 0 Å². The molecular weight excluding hydrogens is 249 g/mol. The van der Waals surface area contributed by atoms with Crippen LogP contribution in [0.2, 0.25) is 0 Å². The maximum atomic E-state index is 13.2. The number of rotatable bonds is 1. The van der Waals surface area contributed by atoms with Crippen molar-refractivity contribution in [3.05, 3.63) is 41.0 Å². The Morgan fingerprint density at radius 1 is 1.22 bits per heavy atom. The number of nitrogens with two attached hydrogens (primary N) is 1. The van der Waals surface area contributed by atoms with Crippen molar-refractivity contribution in [1.29, 1.82) is 0 Å². The Kier molecular flexibility index (Phi) is 2.48. The Bertz CT molecular complexity index is 736. The van der Waals surface area contributed by atoms with Crippen LogP contribution in [-0.4, -0.2) is 9.97 Å². The zero-order valence-corrected chi connectivity index (χ0v) is 10.5. The van der Waals surface area contributed by atoms with Crippen molar-refractivity contribution >= 4 is 27.4 Å². The number of hydrogen-bond donors (Lipinski definition) is 1. The zero-order valence-electron chi connectivity index (χ0n) is 9.64. The maximum Gasteiger partial charge on any atom is 0.162 e. The summed E-state index contributed by atoms with van der Waals surface area (Å²) in [4.78, 5) is 8.70. The molecule has 2 aromatic heterocycles. The molecule has 0 fully saturated rings. The largest absolute Gasteiger partial charge is 0.382 e. The molecule has 0 amide bonds. The van der Waals surface area contributed by atoms with Crippen LogP contribution in [0.15, 0.2) is 29.6 Å². The van der Waals surface area contributed by atoms with E-state index in [1.165, 1.54) is 17.4 Å². The van der Waals surface area contributed by atoms with Crippen LogP contribution in [0.25, 0.3) is 21.6 Å². The van der Waals surface area contributed by atoms with Gasteiger partial charge in [0.15, 0.2) is 5.82 Å². The van der Waals surface area contributed by atoms with Gasteiger partial charge >= 0.3 is 0 Å². The predicted octanol–water partition coefficient (Wildman–Crippen LogP) is 3.39. The summed E-state index contributed by atoms with van der Waals surface area (Å²) >= 11 is 1.51. The number of nitrogens with zero attached hydrogens (tertiary/aromatic N) is 2. The minimum absolute atomic E-state index is 0.233. The topological polar surface area (TPSA) is 51.8 Å². The normalized spacial score (nSPS) is 11.0. The quantitative estimate of drug-likeness (QED) is 0.728. The fourth-order valence-corrected chi connectivity index (χ4v) is 2.53. The second-order valence-corrected chi connectivity index (χ2v) is 4.95. The molecule has 0 radical (unpaired) electrons. The van der Waals surface area contributed by atoms with E-state index in [-0.39, 0.29) is 5.82 Å². The summed E-state index contributed by atoms with van der Waals surface area (Å²) in [6, 6.07) is 6.71. The number of hydrogen-bond acceptors (Lipinski definition) is 4. The highest BCUT2D eigenvalue weighted by Crippen LogP contribution is 2.27. The molecule has 2 N–H and O–H groups in total. The smallest absolute Gasteiger partial charge is 0.162 e. The van der Waals surface area contributed by atoms with Gasteiger partial charge in [0, 0.05) is 5.56 Å². The lowest BCUT2D eigenvalue weighted by atomic mass is 10.1. The summed E-state index contributed by atoms with van der Waals surface area (Å²) in [5.41, 5.74) is 8.06. The van der Waals surface area contributed by atoms with Crippen molar-refractivity contribution in [2.75, 3.05) is 5.73 Å². The Morgan fingerprint density at radius 2 is 2.06 bits per heavy atom. The third-order valence-electron chi connectivity index (χ3n) is 2.75. The van der Waals surface area contributed by atoms with E-state index in [1.807, 2.05) is 11.4 Å². The highest BCUT2D eigenvalue weighted by atomic mass is 32.1. The van der Waals surface area contributed by atoms with Crippen LogP contribution >= 0.6 is 11.3 Å². The SMILES string of the molecule is Cc1cc(-c2nc(N)c3sccc3n2)ccc1F. The summed E-state index contributed by atoms with van der Waals surface area (Å²) < 4.78 is 14.1. The van der Waals surface area contributed by atoms with Crippen molar-refractivity contribution in [1.82, 2.24) is 9.97 Å². The predicted molar refractivity (Wildman–Crippen MR) is 72.0 cm³/mol. The number of benzene rings is 1. The maximum absolute atomic E-state index is 13.2. The van der Waals surface area contributed by atoms with E-state index < -0.39 is 0 Å². The van der Waals surface area contributed by atoms with E-state index in [9.17, 15) is 4.39 Å². The van der Waals surface area contributed by atoms with E-state index in [2.05, 4.69) is 9.97 Å². The van der Waals surface area contributed by atoms with Gasteiger partial charge in [-0.3, -0.25) is 0 Å². The van der Waals surface area contributed by atoms with Gasteiger partial charge in [-0.05, 0) is 42.1 Å². The second kappa shape index (κ2) is 4.03. The number of aromatic nitrogens is 2. The number of halogens is 1. The summed E-state index contributed by atoms with van der Waals surface area (Å²) in [6.45, 7) is 1.71. The van der Waals surface area contributed by atoms with Crippen LogP contribution in [0.5, 0.6) is 0 Å². The molecule has 0 aliphatic rings. The van der Waals surface area contributed by atoms with Gasteiger partial charge in [0.05, 0.1) is 10.2 Å². The first-order valence-corrected chi connectivity index (χ1v) is 6.30. The molecule has 5 heteroatoms. The minimum Gasteiger partial charge on any atom is -0.382 e. The van der Waals surface area contributed by atoms with E-state index >= 15 is 0 Å². The third kappa shape index (κ3) is 1.73. The van der Waals surface area contributed by atoms with Gasteiger partial charge in [-0.15, -0.1) is 11.3 Å². The lowest BCUT2D eigenvalue weighted by Gasteiger charge is -2.04. The van der Waals surface area contributed by atoms with Crippen molar-refractivity contribution in [3.63, 3.8) is 0 Å². The molecule has 0 aliphatic carbocycles. The summed E-state index contributed by atoms with van der Waals surface area (Å²) in [5.74, 6) is 0.761. The summed E-state index contributed by atoms with van der Waals surface area (Å²) in [5, 5.41) is 1.93. The fourth-order valence-electron chi connectivity index (χ4n) is 1.80. The molecule has 0 spiro atoms. The molecule has 0 bridgehead atoms. The molecular formula is C13H10FN3S. The van der Waals surface area contributed by atoms with Gasteiger partial charge in [0.25, 0.3) is 0 Å². The van der Waals surface area contributed by atoms with Gasteiger partial charge in [-0.25, -0.2) is 14.4 Å². The Balaban J connectivity index is 2.21.